The van der Waals surface area contributed by atoms with Gasteiger partial charge in [0.15, 0.2) is 0 Å². The highest BCUT2D eigenvalue weighted by Gasteiger charge is 2.16. The first-order valence-corrected chi connectivity index (χ1v) is 6.24. The molecule has 19 heavy (non-hydrogen) atoms. The van der Waals surface area contributed by atoms with Crippen LogP contribution in [0.5, 0.6) is 0 Å². The largest absolute Gasteiger partial charge is 0.336 e. The second-order valence-corrected chi connectivity index (χ2v) is 4.63. The minimum Gasteiger partial charge on any atom is -0.336 e. The molecular weight excluding hydrogens is 262 g/mol. The Morgan fingerprint density at radius 3 is 2.79 bits per heavy atom. The van der Waals surface area contributed by atoms with Crippen LogP contribution in [0.4, 0.5) is 0 Å². The van der Waals surface area contributed by atoms with Gasteiger partial charge in [0.05, 0.1) is 17.8 Å². The molecule has 2 heterocycles. The highest BCUT2D eigenvalue weighted by molar-refractivity contribution is 6.32. The fourth-order valence-electron chi connectivity index (χ4n) is 1.75. The van der Waals surface area contributed by atoms with E-state index < -0.39 is 0 Å². The van der Waals surface area contributed by atoms with Crippen molar-refractivity contribution in [3.8, 4) is 0 Å². The van der Waals surface area contributed by atoms with E-state index in [1.165, 1.54) is 0 Å². The molecule has 0 fully saturated rings. The molecule has 0 aliphatic heterocycles. The van der Waals surface area contributed by atoms with Crippen molar-refractivity contribution in [3.05, 3.63) is 58.6 Å². The third kappa shape index (κ3) is 3.29. The van der Waals surface area contributed by atoms with Gasteiger partial charge in [-0.1, -0.05) is 17.7 Å². The Hall–Kier alpha value is -1.94. The average molecular weight is 276 g/mol. The molecule has 2 rings (SSSR count). The van der Waals surface area contributed by atoms with Crippen molar-refractivity contribution >= 4 is 17.5 Å². The molecule has 2 aromatic rings. The van der Waals surface area contributed by atoms with Crippen LogP contribution >= 0.6 is 11.6 Å². The number of carbonyl (C=O) groups excluding carboxylic acids is 1. The normalized spacial score (nSPS) is 10.3. The Morgan fingerprint density at radius 2 is 2.11 bits per heavy atom. The summed E-state index contributed by atoms with van der Waals surface area (Å²) < 4.78 is 0. The molecule has 98 valence electrons. The number of pyridine rings is 2. The number of halogens is 1. The molecule has 2 aromatic heterocycles. The molecule has 5 heteroatoms. The van der Waals surface area contributed by atoms with Gasteiger partial charge in [-0.3, -0.25) is 9.78 Å². The molecule has 0 N–H and O–H groups in total. The van der Waals surface area contributed by atoms with Crippen LogP contribution in [0.1, 0.15) is 21.7 Å². The molecule has 0 aliphatic rings. The third-order valence-corrected chi connectivity index (χ3v) is 2.98. The predicted octanol–water partition coefficient (Wildman–Crippen LogP) is 2.71. The molecule has 0 spiro atoms. The minimum absolute atomic E-state index is 0.165. The molecule has 0 unspecified atom stereocenters. The van der Waals surface area contributed by atoms with Gasteiger partial charge < -0.3 is 4.90 Å². The van der Waals surface area contributed by atoms with E-state index in [4.69, 9.17) is 11.6 Å². The minimum atomic E-state index is -0.165. The standard InChI is InChI=1S/C14H14ClN3O/c1-10-5-3-6-11(17-10)9-18(2)14(19)12-7-4-8-16-13(12)15/h3-8H,9H2,1-2H3. The number of hydrogen-bond donors (Lipinski definition) is 0. The molecule has 0 bridgehead atoms. The highest BCUT2D eigenvalue weighted by atomic mass is 35.5. The summed E-state index contributed by atoms with van der Waals surface area (Å²) in [5.74, 6) is -0.165. The first-order chi connectivity index (χ1) is 9.08. The predicted molar refractivity (Wildman–Crippen MR) is 74.0 cm³/mol. The molecule has 0 atom stereocenters. The number of carbonyl (C=O) groups is 1. The lowest BCUT2D eigenvalue weighted by molar-refractivity contribution is 0.0783. The van der Waals surface area contributed by atoms with Gasteiger partial charge in [-0.15, -0.1) is 0 Å². The Balaban J connectivity index is 2.14. The zero-order valence-corrected chi connectivity index (χ0v) is 11.6. The van der Waals surface area contributed by atoms with Gasteiger partial charge in [0, 0.05) is 18.9 Å². The van der Waals surface area contributed by atoms with Gasteiger partial charge in [-0.25, -0.2) is 4.98 Å². The summed E-state index contributed by atoms with van der Waals surface area (Å²) in [5.41, 5.74) is 2.17. The van der Waals surface area contributed by atoms with Crippen LogP contribution in [0.2, 0.25) is 5.15 Å². The third-order valence-electron chi connectivity index (χ3n) is 2.68. The van der Waals surface area contributed by atoms with Crippen LogP contribution in [-0.2, 0) is 6.54 Å². The summed E-state index contributed by atoms with van der Waals surface area (Å²) in [6.45, 7) is 2.36. The molecule has 0 saturated heterocycles. The van der Waals surface area contributed by atoms with Crippen molar-refractivity contribution in [2.24, 2.45) is 0 Å². The van der Waals surface area contributed by atoms with Crippen molar-refractivity contribution in [2.45, 2.75) is 13.5 Å². The van der Waals surface area contributed by atoms with Crippen molar-refractivity contribution in [1.29, 1.82) is 0 Å². The summed E-state index contributed by atoms with van der Waals surface area (Å²) in [6, 6.07) is 9.09. The Morgan fingerprint density at radius 1 is 1.32 bits per heavy atom. The summed E-state index contributed by atoms with van der Waals surface area (Å²) in [6.07, 6.45) is 1.56. The van der Waals surface area contributed by atoms with Crippen LogP contribution in [0.25, 0.3) is 0 Å². The molecule has 1 amide bonds. The van der Waals surface area contributed by atoms with Crippen LogP contribution in [0.3, 0.4) is 0 Å². The smallest absolute Gasteiger partial charge is 0.257 e. The van der Waals surface area contributed by atoms with E-state index >= 15 is 0 Å². The SMILES string of the molecule is Cc1cccc(CN(C)C(=O)c2cccnc2Cl)n1. The van der Waals surface area contributed by atoms with E-state index in [1.54, 1.807) is 30.3 Å². The monoisotopic (exact) mass is 275 g/mol. The maximum Gasteiger partial charge on any atom is 0.257 e. The Labute approximate surface area is 117 Å². The van der Waals surface area contributed by atoms with E-state index in [-0.39, 0.29) is 11.1 Å². The number of amides is 1. The lowest BCUT2D eigenvalue weighted by atomic mass is 10.2. The van der Waals surface area contributed by atoms with Crippen LogP contribution in [-0.4, -0.2) is 27.8 Å². The van der Waals surface area contributed by atoms with Gasteiger partial charge >= 0.3 is 0 Å². The molecule has 4 nitrogen and oxygen atoms in total. The number of aryl methyl sites for hydroxylation is 1. The summed E-state index contributed by atoms with van der Waals surface area (Å²) in [5, 5.41) is 0.219. The molecule has 0 saturated carbocycles. The van der Waals surface area contributed by atoms with E-state index in [1.807, 2.05) is 25.1 Å². The average Bonchev–Trinajstić information content (AvgIpc) is 2.38. The topological polar surface area (TPSA) is 46.1 Å². The summed E-state index contributed by atoms with van der Waals surface area (Å²) >= 11 is 5.92. The summed E-state index contributed by atoms with van der Waals surface area (Å²) in [7, 11) is 1.72. The van der Waals surface area contributed by atoms with Gasteiger partial charge in [-0.05, 0) is 31.2 Å². The maximum absolute atomic E-state index is 12.2. The fourth-order valence-corrected chi connectivity index (χ4v) is 1.95. The lowest BCUT2D eigenvalue weighted by Crippen LogP contribution is -2.27. The molecule has 0 radical (unpaired) electrons. The van der Waals surface area contributed by atoms with Crippen molar-refractivity contribution in [2.75, 3.05) is 7.05 Å². The Bertz CT molecular complexity index is 601. The second kappa shape index (κ2) is 5.80. The van der Waals surface area contributed by atoms with Crippen molar-refractivity contribution in [1.82, 2.24) is 14.9 Å². The molecular formula is C14H14ClN3O. The first-order valence-electron chi connectivity index (χ1n) is 5.86. The highest BCUT2D eigenvalue weighted by Crippen LogP contribution is 2.14. The Kier molecular flexibility index (Phi) is 4.12. The second-order valence-electron chi connectivity index (χ2n) is 4.27. The number of rotatable bonds is 3. The number of nitrogens with zero attached hydrogens (tertiary/aromatic N) is 3. The number of aromatic nitrogens is 2. The van der Waals surface area contributed by atoms with E-state index in [9.17, 15) is 4.79 Å². The van der Waals surface area contributed by atoms with Gasteiger partial charge in [0.1, 0.15) is 5.15 Å². The molecule has 0 aromatic carbocycles. The fraction of sp³-hybridized carbons (Fsp3) is 0.214. The first kappa shape index (κ1) is 13.5. The van der Waals surface area contributed by atoms with Gasteiger partial charge in [0.25, 0.3) is 5.91 Å². The van der Waals surface area contributed by atoms with E-state index in [0.717, 1.165) is 11.4 Å². The van der Waals surface area contributed by atoms with Crippen molar-refractivity contribution in [3.63, 3.8) is 0 Å². The van der Waals surface area contributed by atoms with Gasteiger partial charge in [-0.2, -0.15) is 0 Å². The van der Waals surface area contributed by atoms with E-state index in [0.29, 0.717) is 12.1 Å². The number of hydrogen-bond acceptors (Lipinski definition) is 3. The van der Waals surface area contributed by atoms with Crippen LogP contribution in [0.15, 0.2) is 36.5 Å². The summed E-state index contributed by atoms with van der Waals surface area (Å²) in [4.78, 5) is 22.1. The lowest BCUT2D eigenvalue weighted by Gasteiger charge is -2.17. The molecule has 0 aliphatic carbocycles. The van der Waals surface area contributed by atoms with Crippen molar-refractivity contribution < 1.29 is 4.79 Å². The maximum atomic E-state index is 12.2. The van der Waals surface area contributed by atoms with Crippen LogP contribution < -0.4 is 0 Å². The zero-order valence-electron chi connectivity index (χ0n) is 10.8. The van der Waals surface area contributed by atoms with Crippen LogP contribution in [0, 0.1) is 6.92 Å². The zero-order chi connectivity index (χ0) is 13.8. The van der Waals surface area contributed by atoms with E-state index in [2.05, 4.69) is 9.97 Å². The van der Waals surface area contributed by atoms with Gasteiger partial charge in [0.2, 0.25) is 0 Å². The quantitative estimate of drug-likeness (QED) is 0.809.